The minimum atomic E-state index is -0.788. The van der Waals surface area contributed by atoms with Crippen molar-refractivity contribution >= 4 is 5.97 Å². The van der Waals surface area contributed by atoms with Gasteiger partial charge in [-0.2, -0.15) is 0 Å². The van der Waals surface area contributed by atoms with Crippen LogP contribution in [0.4, 0.5) is 0 Å². The first-order chi connectivity index (χ1) is 6.18. The second-order valence-corrected chi connectivity index (χ2v) is 3.64. The second kappa shape index (κ2) is 5.19. The van der Waals surface area contributed by atoms with Gasteiger partial charge >= 0.3 is 5.97 Å². The van der Waals surface area contributed by atoms with Crippen molar-refractivity contribution in [2.75, 3.05) is 33.4 Å². The van der Waals surface area contributed by atoms with Crippen molar-refractivity contribution in [3.05, 3.63) is 0 Å². The molecular formula is C9H17NO3. The van der Waals surface area contributed by atoms with Crippen LogP contribution in [-0.4, -0.2) is 49.3 Å². The summed E-state index contributed by atoms with van der Waals surface area (Å²) in [5.41, 5.74) is 0. The van der Waals surface area contributed by atoms with E-state index in [1.54, 1.807) is 0 Å². The Bertz CT molecular complexity index is 172. The maximum atomic E-state index is 10.2. The van der Waals surface area contributed by atoms with Crippen molar-refractivity contribution in [2.45, 2.75) is 12.8 Å². The summed E-state index contributed by atoms with van der Waals surface area (Å²) < 4.78 is 5.27. The lowest BCUT2D eigenvalue weighted by Gasteiger charge is -2.10. The summed E-state index contributed by atoms with van der Waals surface area (Å²) in [4.78, 5) is 12.4. The van der Waals surface area contributed by atoms with Gasteiger partial charge in [0.15, 0.2) is 0 Å². The number of hydrogen-bond acceptors (Lipinski definition) is 3. The Hall–Kier alpha value is -0.610. The van der Waals surface area contributed by atoms with Gasteiger partial charge in [0.25, 0.3) is 0 Å². The number of hydrogen-bond donors (Lipinski definition) is 1. The van der Waals surface area contributed by atoms with Crippen molar-refractivity contribution in [1.29, 1.82) is 0 Å². The molecule has 13 heavy (non-hydrogen) atoms. The minimum Gasteiger partial charge on any atom is -0.481 e. The molecule has 4 nitrogen and oxygen atoms in total. The van der Waals surface area contributed by atoms with Gasteiger partial charge in [0.05, 0.1) is 19.6 Å². The summed E-state index contributed by atoms with van der Waals surface area (Å²) in [5, 5.41) is 8.36. The number of carboxylic acid groups (broad SMARTS) is 1. The molecule has 1 aliphatic rings. The Morgan fingerprint density at radius 3 is 3.00 bits per heavy atom. The summed E-state index contributed by atoms with van der Waals surface area (Å²) in [6.07, 6.45) is 1.28. The topological polar surface area (TPSA) is 49.8 Å². The zero-order valence-electron chi connectivity index (χ0n) is 8.03. The summed E-state index contributed by atoms with van der Waals surface area (Å²) in [5.74, 6) is -0.192. The average Bonchev–Trinajstić information content (AvgIpc) is 2.45. The molecule has 1 rings (SSSR count). The van der Waals surface area contributed by atoms with Crippen LogP contribution in [0.15, 0.2) is 0 Å². The average molecular weight is 187 g/mol. The van der Waals surface area contributed by atoms with Gasteiger partial charge in [0, 0.05) is 6.54 Å². The maximum Gasteiger partial charge on any atom is 0.305 e. The Labute approximate surface area is 78.5 Å². The molecule has 0 unspecified atom stereocenters. The van der Waals surface area contributed by atoms with E-state index in [-0.39, 0.29) is 6.42 Å². The number of carbonyl (C=O) groups is 1. The fraction of sp³-hybridized carbons (Fsp3) is 0.889. The van der Waals surface area contributed by atoms with E-state index in [4.69, 9.17) is 9.84 Å². The Morgan fingerprint density at radius 1 is 1.69 bits per heavy atom. The van der Waals surface area contributed by atoms with Crippen LogP contribution in [-0.2, 0) is 9.53 Å². The Morgan fingerprint density at radius 2 is 2.46 bits per heavy atom. The van der Waals surface area contributed by atoms with Crippen molar-refractivity contribution < 1.29 is 14.6 Å². The fourth-order valence-corrected chi connectivity index (χ4v) is 1.57. The molecule has 4 heteroatoms. The Balaban J connectivity index is 1.97. The number of likely N-dealkylation sites (tertiary alicyclic amines) is 1. The van der Waals surface area contributed by atoms with E-state index in [9.17, 15) is 4.79 Å². The van der Waals surface area contributed by atoms with Crippen LogP contribution in [0, 0.1) is 5.92 Å². The van der Waals surface area contributed by atoms with Crippen LogP contribution in [0.25, 0.3) is 0 Å². The predicted molar refractivity (Wildman–Crippen MR) is 48.7 cm³/mol. The van der Waals surface area contributed by atoms with Crippen LogP contribution in [0.3, 0.4) is 0 Å². The van der Waals surface area contributed by atoms with E-state index >= 15 is 0 Å². The normalized spacial score (nSPS) is 23.6. The number of carboxylic acids is 1. The fourth-order valence-electron chi connectivity index (χ4n) is 1.57. The summed E-state index contributed by atoms with van der Waals surface area (Å²) in [7, 11) is 2.09. The third-order valence-electron chi connectivity index (χ3n) is 2.30. The maximum absolute atomic E-state index is 10.2. The third-order valence-corrected chi connectivity index (χ3v) is 2.30. The molecule has 0 bridgehead atoms. The molecule has 0 aliphatic carbocycles. The molecule has 0 radical (unpaired) electrons. The highest BCUT2D eigenvalue weighted by Crippen LogP contribution is 2.14. The molecule has 1 atom stereocenters. The second-order valence-electron chi connectivity index (χ2n) is 3.64. The minimum absolute atomic E-state index is 0.114. The molecule has 0 saturated carbocycles. The number of nitrogens with zero attached hydrogens (tertiary/aromatic N) is 1. The van der Waals surface area contributed by atoms with E-state index in [2.05, 4.69) is 11.9 Å². The highest BCUT2D eigenvalue weighted by molar-refractivity contribution is 5.66. The monoisotopic (exact) mass is 187 g/mol. The molecule has 0 aromatic rings. The highest BCUT2D eigenvalue weighted by atomic mass is 16.5. The molecule has 1 fully saturated rings. The predicted octanol–water partition coefficient (Wildman–Crippen LogP) is 0.429. The lowest BCUT2D eigenvalue weighted by Crippen LogP contribution is -2.17. The van der Waals surface area contributed by atoms with Gasteiger partial charge in [-0.15, -0.1) is 0 Å². The zero-order valence-corrected chi connectivity index (χ0v) is 8.03. The molecule has 0 spiro atoms. The van der Waals surface area contributed by atoms with Gasteiger partial charge in [-0.1, -0.05) is 0 Å². The van der Waals surface area contributed by atoms with Crippen molar-refractivity contribution in [2.24, 2.45) is 5.92 Å². The van der Waals surface area contributed by atoms with E-state index < -0.39 is 5.97 Å². The lowest BCUT2D eigenvalue weighted by molar-refractivity contribution is -0.138. The zero-order chi connectivity index (χ0) is 9.68. The van der Waals surface area contributed by atoms with Crippen LogP contribution in [0.1, 0.15) is 12.8 Å². The van der Waals surface area contributed by atoms with Gasteiger partial charge in [-0.05, 0) is 25.9 Å². The van der Waals surface area contributed by atoms with E-state index in [0.717, 1.165) is 13.1 Å². The molecule has 0 amide bonds. The third kappa shape index (κ3) is 4.24. The van der Waals surface area contributed by atoms with E-state index in [0.29, 0.717) is 19.1 Å². The van der Waals surface area contributed by atoms with Crippen LogP contribution >= 0.6 is 0 Å². The summed E-state index contributed by atoms with van der Waals surface area (Å²) >= 11 is 0. The molecule has 1 saturated heterocycles. The molecule has 0 aromatic carbocycles. The number of rotatable bonds is 5. The summed E-state index contributed by atoms with van der Waals surface area (Å²) in [6.45, 7) is 3.26. The molecule has 1 N–H and O–H groups in total. The lowest BCUT2D eigenvalue weighted by atomic mass is 10.1. The smallest absolute Gasteiger partial charge is 0.305 e. The highest BCUT2D eigenvalue weighted by Gasteiger charge is 2.19. The van der Waals surface area contributed by atoms with Gasteiger partial charge in [-0.3, -0.25) is 4.79 Å². The first-order valence-corrected chi connectivity index (χ1v) is 4.66. The molecular weight excluding hydrogens is 170 g/mol. The quantitative estimate of drug-likeness (QED) is 0.634. The van der Waals surface area contributed by atoms with Crippen molar-refractivity contribution in [3.8, 4) is 0 Å². The van der Waals surface area contributed by atoms with Crippen LogP contribution in [0.5, 0.6) is 0 Å². The number of ether oxygens (including phenoxy) is 1. The van der Waals surface area contributed by atoms with Crippen LogP contribution < -0.4 is 0 Å². The SMILES string of the molecule is CN1CC[C@H](COCCC(=O)O)C1. The molecule has 1 aliphatic heterocycles. The van der Waals surface area contributed by atoms with E-state index in [1.165, 1.54) is 6.42 Å². The summed E-state index contributed by atoms with van der Waals surface area (Å²) in [6, 6.07) is 0. The van der Waals surface area contributed by atoms with Gasteiger partial charge < -0.3 is 14.7 Å². The number of aliphatic carboxylic acids is 1. The van der Waals surface area contributed by atoms with Crippen LogP contribution in [0.2, 0.25) is 0 Å². The standard InChI is InChI=1S/C9H17NO3/c1-10-4-2-8(6-10)7-13-5-3-9(11)12/h8H,2-7H2,1H3,(H,11,12)/t8-/m0/s1. The van der Waals surface area contributed by atoms with E-state index in [1.807, 2.05) is 0 Å². The largest absolute Gasteiger partial charge is 0.481 e. The Kier molecular flexibility index (Phi) is 4.18. The van der Waals surface area contributed by atoms with Gasteiger partial charge in [-0.25, -0.2) is 0 Å². The van der Waals surface area contributed by atoms with Crippen molar-refractivity contribution in [3.63, 3.8) is 0 Å². The molecule has 76 valence electrons. The first kappa shape index (κ1) is 10.5. The molecule has 0 aromatic heterocycles. The van der Waals surface area contributed by atoms with Gasteiger partial charge in [0.1, 0.15) is 0 Å². The molecule has 1 heterocycles. The van der Waals surface area contributed by atoms with Gasteiger partial charge in [0.2, 0.25) is 0 Å². The van der Waals surface area contributed by atoms with Crippen molar-refractivity contribution in [1.82, 2.24) is 4.90 Å². The first-order valence-electron chi connectivity index (χ1n) is 4.66.